The van der Waals surface area contributed by atoms with Gasteiger partial charge in [-0.15, -0.1) is 24.0 Å². The van der Waals surface area contributed by atoms with Gasteiger partial charge >= 0.3 is 0 Å². The molecule has 0 aliphatic carbocycles. The number of nitrogens with one attached hydrogen (secondary N) is 1. The van der Waals surface area contributed by atoms with Crippen molar-refractivity contribution in [1.82, 2.24) is 20.1 Å². The molecule has 3 heterocycles. The molecule has 0 spiro atoms. The Morgan fingerprint density at radius 2 is 1.91 bits per heavy atom. The molecular weight excluding hydrogens is 527 g/mol. The van der Waals surface area contributed by atoms with E-state index in [4.69, 9.17) is 4.74 Å². The average molecular weight is 565 g/mol. The first kappa shape index (κ1) is 25.7. The molecule has 4 rings (SSSR count). The highest BCUT2D eigenvalue weighted by molar-refractivity contribution is 14.0. The third-order valence-corrected chi connectivity index (χ3v) is 6.44. The Labute approximate surface area is 215 Å². The first-order chi connectivity index (χ1) is 15.5. The van der Waals surface area contributed by atoms with Gasteiger partial charge in [0.15, 0.2) is 5.96 Å². The third kappa shape index (κ3) is 6.58. The molecule has 1 N–H and O–H groups in total. The highest BCUT2D eigenvalue weighted by Gasteiger charge is 2.25. The molecule has 0 saturated carbocycles. The highest BCUT2D eigenvalue weighted by atomic mass is 127. The zero-order valence-corrected chi connectivity index (χ0v) is 22.6. The number of morpholine rings is 1. The molecule has 2 saturated heterocycles. The van der Waals surface area contributed by atoms with Gasteiger partial charge in [-0.05, 0) is 49.7 Å². The lowest BCUT2D eigenvalue weighted by molar-refractivity contribution is -0.00834. The van der Waals surface area contributed by atoms with E-state index in [0.29, 0.717) is 6.61 Å². The van der Waals surface area contributed by atoms with Crippen molar-refractivity contribution in [3.63, 3.8) is 0 Å². The Bertz CT molecular complexity index is 944. The fourth-order valence-corrected chi connectivity index (χ4v) is 4.51. The van der Waals surface area contributed by atoms with E-state index in [9.17, 15) is 0 Å². The summed E-state index contributed by atoms with van der Waals surface area (Å²) in [6.07, 6.45) is 1.98. The molecule has 2 fully saturated rings. The van der Waals surface area contributed by atoms with Gasteiger partial charge in [-0.3, -0.25) is 4.99 Å². The Morgan fingerprint density at radius 3 is 2.64 bits per heavy atom. The second-order valence-corrected chi connectivity index (χ2v) is 8.88. The number of aryl methyl sites for hydroxylation is 2. The lowest BCUT2D eigenvalue weighted by atomic mass is 10.00. The number of benzene rings is 1. The van der Waals surface area contributed by atoms with Crippen LogP contribution in [-0.4, -0.2) is 80.7 Å². The normalized spacial score (nSPS) is 19.9. The van der Waals surface area contributed by atoms with E-state index in [1.807, 2.05) is 13.2 Å². The number of piperazine rings is 1. The molecule has 0 amide bonds. The zero-order valence-electron chi connectivity index (χ0n) is 20.3. The van der Waals surface area contributed by atoms with Crippen molar-refractivity contribution in [2.45, 2.75) is 26.5 Å². The van der Waals surface area contributed by atoms with E-state index in [2.05, 4.69) is 81.2 Å². The SMILES string of the molecule is CN=C(NCc1ccnc(N2CCN(C)CC2)c1)N1CCOC(c2ccc(C)cc2C)C1.I. The second-order valence-electron chi connectivity index (χ2n) is 8.88. The minimum absolute atomic E-state index is 0. The van der Waals surface area contributed by atoms with Gasteiger partial charge in [-0.2, -0.15) is 0 Å². The lowest BCUT2D eigenvalue weighted by Crippen LogP contribution is -2.48. The largest absolute Gasteiger partial charge is 0.370 e. The molecule has 8 heteroatoms. The summed E-state index contributed by atoms with van der Waals surface area (Å²) in [5.74, 6) is 1.98. The number of hydrogen-bond donors (Lipinski definition) is 1. The predicted octanol–water partition coefficient (Wildman–Crippen LogP) is 3.22. The van der Waals surface area contributed by atoms with E-state index in [0.717, 1.165) is 57.6 Å². The second kappa shape index (κ2) is 12.0. The molecule has 0 bridgehead atoms. The summed E-state index contributed by atoms with van der Waals surface area (Å²) in [7, 11) is 4.03. The number of guanidine groups is 1. The third-order valence-electron chi connectivity index (χ3n) is 6.44. The summed E-state index contributed by atoms with van der Waals surface area (Å²) < 4.78 is 6.12. The number of pyridine rings is 1. The number of ether oxygens (including phenoxy) is 1. The first-order valence-corrected chi connectivity index (χ1v) is 11.6. The van der Waals surface area contributed by atoms with Gasteiger partial charge in [0, 0.05) is 52.5 Å². The molecule has 0 radical (unpaired) electrons. The standard InChI is InChI=1S/C25H36N6O.HI/c1-19-5-6-22(20(2)15-19)23-18-31(13-14-32-23)25(26-3)28-17-21-7-8-27-24(16-21)30-11-9-29(4)10-12-30;/h5-8,15-16,23H,9-14,17-18H2,1-4H3,(H,26,28);1H. The van der Waals surface area contributed by atoms with Gasteiger partial charge in [-0.1, -0.05) is 23.8 Å². The van der Waals surface area contributed by atoms with Gasteiger partial charge in [-0.25, -0.2) is 4.98 Å². The Hall–Kier alpha value is -1.91. The van der Waals surface area contributed by atoms with E-state index in [1.54, 1.807) is 0 Å². The van der Waals surface area contributed by atoms with Crippen LogP contribution in [0, 0.1) is 13.8 Å². The summed E-state index contributed by atoms with van der Waals surface area (Å²) in [4.78, 5) is 16.2. The van der Waals surface area contributed by atoms with E-state index in [-0.39, 0.29) is 30.1 Å². The Kier molecular flexibility index (Phi) is 9.34. The minimum Gasteiger partial charge on any atom is -0.370 e. The highest BCUT2D eigenvalue weighted by Crippen LogP contribution is 2.26. The molecule has 2 aliphatic heterocycles. The quantitative estimate of drug-likeness (QED) is 0.350. The first-order valence-electron chi connectivity index (χ1n) is 11.6. The number of nitrogens with zero attached hydrogens (tertiary/aromatic N) is 5. The molecular formula is C25H37IN6O. The van der Waals surface area contributed by atoms with Crippen LogP contribution in [0.5, 0.6) is 0 Å². The summed E-state index contributed by atoms with van der Waals surface area (Å²) in [5, 5.41) is 3.55. The number of aromatic nitrogens is 1. The number of aliphatic imine (C=N–C) groups is 1. The smallest absolute Gasteiger partial charge is 0.194 e. The van der Waals surface area contributed by atoms with Crippen LogP contribution in [0.1, 0.15) is 28.4 Å². The van der Waals surface area contributed by atoms with Crippen LogP contribution in [0.4, 0.5) is 5.82 Å². The van der Waals surface area contributed by atoms with Gasteiger partial charge in [0.25, 0.3) is 0 Å². The van der Waals surface area contributed by atoms with E-state index >= 15 is 0 Å². The number of hydrogen-bond acceptors (Lipinski definition) is 5. The number of rotatable bonds is 4. The molecule has 180 valence electrons. The maximum absolute atomic E-state index is 6.12. The topological polar surface area (TPSA) is 56.2 Å². The van der Waals surface area contributed by atoms with Crippen molar-refractivity contribution in [3.8, 4) is 0 Å². The van der Waals surface area contributed by atoms with Crippen LogP contribution in [0.2, 0.25) is 0 Å². The van der Waals surface area contributed by atoms with Crippen LogP contribution in [-0.2, 0) is 11.3 Å². The van der Waals surface area contributed by atoms with E-state index in [1.165, 1.54) is 22.3 Å². The number of anilines is 1. The fourth-order valence-electron chi connectivity index (χ4n) is 4.51. The maximum atomic E-state index is 6.12. The molecule has 33 heavy (non-hydrogen) atoms. The molecule has 1 aromatic carbocycles. The van der Waals surface area contributed by atoms with Crippen LogP contribution in [0.25, 0.3) is 0 Å². The van der Waals surface area contributed by atoms with Gasteiger partial charge in [0.05, 0.1) is 13.2 Å². The summed E-state index contributed by atoms with van der Waals surface area (Å²) in [6.45, 7) is 11.6. The van der Waals surface area contributed by atoms with Crippen LogP contribution >= 0.6 is 24.0 Å². The molecule has 1 aromatic heterocycles. The fraction of sp³-hybridized carbons (Fsp3) is 0.520. The van der Waals surface area contributed by atoms with Crippen LogP contribution in [0.3, 0.4) is 0 Å². The summed E-state index contributed by atoms with van der Waals surface area (Å²) >= 11 is 0. The van der Waals surface area contributed by atoms with Crippen LogP contribution < -0.4 is 10.2 Å². The van der Waals surface area contributed by atoms with Gasteiger partial charge < -0.3 is 24.8 Å². The van der Waals surface area contributed by atoms with Crippen molar-refractivity contribution in [3.05, 3.63) is 58.8 Å². The lowest BCUT2D eigenvalue weighted by Gasteiger charge is -2.36. The van der Waals surface area contributed by atoms with Crippen molar-refractivity contribution >= 4 is 35.8 Å². The zero-order chi connectivity index (χ0) is 22.5. The van der Waals surface area contributed by atoms with Crippen LogP contribution in [0.15, 0.2) is 41.5 Å². The number of halogens is 1. The molecule has 2 aromatic rings. The molecule has 1 atom stereocenters. The van der Waals surface area contributed by atoms with E-state index < -0.39 is 0 Å². The van der Waals surface area contributed by atoms with Crippen molar-refractivity contribution in [2.75, 3.05) is 64.9 Å². The molecule has 7 nitrogen and oxygen atoms in total. The minimum atomic E-state index is 0. The van der Waals surface area contributed by atoms with Crippen molar-refractivity contribution < 1.29 is 4.74 Å². The monoisotopic (exact) mass is 564 g/mol. The van der Waals surface area contributed by atoms with Crippen molar-refractivity contribution in [2.24, 2.45) is 4.99 Å². The molecule has 1 unspecified atom stereocenters. The summed E-state index contributed by atoms with van der Waals surface area (Å²) in [6, 6.07) is 10.9. The predicted molar refractivity (Wildman–Crippen MR) is 146 cm³/mol. The Balaban J connectivity index is 0.00000306. The van der Waals surface area contributed by atoms with Crippen molar-refractivity contribution in [1.29, 1.82) is 0 Å². The molecule has 2 aliphatic rings. The maximum Gasteiger partial charge on any atom is 0.194 e. The van der Waals surface area contributed by atoms with Gasteiger partial charge in [0.1, 0.15) is 11.9 Å². The summed E-state index contributed by atoms with van der Waals surface area (Å²) in [5.41, 5.74) is 5.05. The number of likely N-dealkylation sites (N-methyl/N-ethyl adjacent to an activating group) is 1. The average Bonchev–Trinajstić information content (AvgIpc) is 2.80. The Morgan fingerprint density at radius 1 is 1.12 bits per heavy atom. The van der Waals surface area contributed by atoms with Gasteiger partial charge in [0.2, 0.25) is 0 Å².